The Kier molecular flexibility index (Phi) is 4.21. The van der Waals surface area contributed by atoms with Gasteiger partial charge in [0, 0.05) is 29.6 Å². The number of benzene rings is 1. The Labute approximate surface area is 123 Å². The molecular weight excluding hydrogens is 307 g/mol. The molecule has 0 aliphatic carbocycles. The summed E-state index contributed by atoms with van der Waals surface area (Å²) in [6.45, 7) is 10.7. The molecule has 0 amide bonds. The Bertz CT molecular complexity index is 456. The molecule has 4 heteroatoms. The third kappa shape index (κ3) is 3.29. The van der Waals surface area contributed by atoms with Crippen LogP contribution in [0.2, 0.25) is 0 Å². The number of hydrogen-bond donors (Lipinski definition) is 1. The smallest absolute Gasteiger partial charge is 0.125 e. The van der Waals surface area contributed by atoms with Gasteiger partial charge < -0.3 is 10.2 Å². The van der Waals surface area contributed by atoms with Crippen LogP contribution in [0, 0.1) is 11.2 Å². The predicted octanol–water partition coefficient (Wildman–Crippen LogP) is 3.80. The van der Waals surface area contributed by atoms with Crippen LogP contribution in [0.15, 0.2) is 22.7 Å². The second-order valence-corrected chi connectivity index (χ2v) is 7.28. The molecule has 1 saturated heterocycles. The van der Waals surface area contributed by atoms with Crippen molar-refractivity contribution < 1.29 is 4.39 Å². The van der Waals surface area contributed by atoms with Crippen LogP contribution in [0.4, 0.5) is 10.1 Å². The van der Waals surface area contributed by atoms with E-state index in [2.05, 4.69) is 53.8 Å². The molecule has 0 spiro atoms. The molecule has 1 heterocycles. The summed E-state index contributed by atoms with van der Waals surface area (Å²) in [4.78, 5) is 2.29. The topological polar surface area (TPSA) is 15.3 Å². The highest BCUT2D eigenvalue weighted by Crippen LogP contribution is 2.32. The molecule has 2 unspecified atom stereocenters. The SMILES string of the molecule is CC1CNC(C(C)(C)C)CN1c1cc(F)ccc1Br. The van der Waals surface area contributed by atoms with Crippen molar-refractivity contribution in [1.29, 1.82) is 0 Å². The van der Waals surface area contributed by atoms with E-state index in [0.29, 0.717) is 12.1 Å². The summed E-state index contributed by atoms with van der Waals surface area (Å²) in [5, 5.41) is 3.59. The second kappa shape index (κ2) is 5.41. The third-order valence-corrected chi connectivity index (χ3v) is 4.50. The van der Waals surface area contributed by atoms with Crippen molar-refractivity contribution in [2.45, 2.75) is 39.8 Å². The Morgan fingerprint density at radius 3 is 2.68 bits per heavy atom. The normalized spacial score (nSPS) is 24.6. The zero-order chi connectivity index (χ0) is 14.2. The monoisotopic (exact) mass is 328 g/mol. The van der Waals surface area contributed by atoms with Crippen LogP contribution in [-0.4, -0.2) is 25.2 Å². The van der Waals surface area contributed by atoms with E-state index in [-0.39, 0.29) is 11.2 Å². The van der Waals surface area contributed by atoms with Gasteiger partial charge >= 0.3 is 0 Å². The fraction of sp³-hybridized carbons (Fsp3) is 0.600. The summed E-state index contributed by atoms with van der Waals surface area (Å²) in [6.07, 6.45) is 0. The number of hydrogen-bond acceptors (Lipinski definition) is 2. The average Bonchev–Trinajstić information content (AvgIpc) is 2.32. The van der Waals surface area contributed by atoms with E-state index in [1.807, 2.05) is 0 Å². The quantitative estimate of drug-likeness (QED) is 0.843. The maximum absolute atomic E-state index is 13.5. The standard InChI is InChI=1S/C15H22BrFN2/c1-10-8-18-14(15(2,3)4)9-19(10)13-7-11(17)5-6-12(13)16/h5-7,10,14,18H,8-9H2,1-4H3. The van der Waals surface area contributed by atoms with E-state index >= 15 is 0 Å². The van der Waals surface area contributed by atoms with Gasteiger partial charge in [0.2, 0.25) is 0 Å². The van der Waals surface area contributed by atoms with Gasteiger partial charge in [-0.3, -0.25) is 0 Å². The zero-order valence-electron chi connectivity index (χ0n) is 12.0. The third-order valence-electron chi connectivity index (χ3n) is 3.83. The van der Waals surface area contributed by atoms with Crippen molar-refractivity contribution in [3.63, 3.8) is 0 Å². The molecule has 2 nitrogen and oxygen atoms in total. The highest BCUT2D eigenvalue weighted by atomic mass is 79.9. The molecule has 0 bridgehead atoms. The Morgan fingerprint density at radius 2 is 2.05 bits per heavy atom. The zero-order valence-corrected chi connectivity index (χ0v) is 13.6. The van der Waals surface area contributed by atoms with Gasteiger partial charge in [0.1, 0.15) is 5.82 Å². The molecule has 1 fully saturated rings. The molecule has 0 aromatic heterocycles. The van der Waals surface area contributed by atoms with E-state index in [1.165, 1.54) is 6.07 Å². The fourth-order valence-electron chi connectivity index (χ4n) is 2.49. The summed E-state index contributed by atoms with van der Waals surface area (Å²) in [5.74, 6) is -0.184. The van der Waals surface area contributed by atoms with Crippen LogP contribution in [0.1, 0.15) is 27.7 Å². The van der Waals surface area contributed by atoms with Crippen LogP contribution in [0.5, 0.6) is 0 Å². The average molecular weight is 329 g/mol. The Balaban J connectivity index is 2.28. The molecule has 1 aliphatic rings. The van der Waals surface area contributed by atoms with Gasteiger partial charge in [0.25, 0.3) is 0 Å². The molecule has 106 valence electrons. The first-order chi connectivity index (χ1) is 8.79. The van der Waals surface area contributed by atoms with Crippen molar-refractivity contribution in [3.05, 3.63) is 28.5 Å². The minimum absolute atomic E-state index is 0.184. The second-order valence-electron chi connectivity index (χ2n) is 6.42. The van der Waals surface area contributed by atoms with Gasteiger partial charge in [-0.05, 0) is 46.5 Å². The lowest BCUT2D eigenvalue weighted by Gasteiger charge is -2.45. The predicted molar refractivity (Wildman–Crippen MR) is 82.2 cm³/mol. The molecule has 2 rings (SSSR count). The highest BCUT2D eigenvalue weighted by Gasteiger charge is 2.33. The highest BCUT2D eigenvalue weighted by molar-refractivity contribution is 9.10. The summed E-state index contributed by atoms with van der Waals surface area (Å²) in [5.41, 5.74) is 1.14. The van der Waals surface area contributed by atoms with Crippen molar-refractivity contribution >= 4 is 21.6 Å². The number of anilines is 1. The number of halogens is 2. The first-order valence-electron chi connectivity index (χ1n) is 6.74. The largest absolute Gasteiger partial charge is 0.365 e. The summed E-state index contributed by atoms with van der Waals surface area (Å²) in [6, 6.07) is 5.65. The van der Waals surface area contributed by atoms with Gasteiger partial charge in [0.15, 0.2) is 0 Å². The van der Waals surface area contributed by atoms with Crippen LogP contribution in [0.3, 0.4) is 0 Å². The molecule has 1 aliphatic heterocycles. The van der Waals surface area contributed by atoms with E-state index in [0.717, 1.165) is 23.2 Å². The van der Waals surface area contributed by atoms with Crippen molar-refractivity contribution in [2.24, 2.45) is 5.41 Å². The molecule has 19 heavy (non-hydrogen) atoms. The lowest BCUT2D eigenvalue weighted by atomic mass is 9.84. The Hall–Kier alpha value is -0.610. The van der Waals surface area contributed by atoms with Crippen molar-refractivity contribution in [2.75, 3.05) is 18.0 Å². The molecule has 1 aromatic rings. The Morgan fingerprint density at radius 1 is 1.37 bits per heavy atom. The molecule has 0 radical (unpaired) electrons. The lowest BCUT2D eigenvalue weighted by molar-refractivity contribution is 0.238. The van der Waals surface area contributed by atoms with E-state index in [9.17, 15) is 4.39 Å². The molecule has 2 atom stereocenters. The van der Waals surface area contributed by atoms with Crippen LogP contribution in [-0.2, 0) is 0 Å². The number of piperazine rings is 1. The maximum Gasteiger partial charge on any atom is 0.125 e. The van der Waals surface area contributed by atoms with E-state index in [4.69, 9.17) is 0 Å². The van der Waals surface area contributed by atoms with Gasteiger partial charge in [-0.15, -0.1) is 0 Å². The fourth-order valence-corrected chi connectivity index (χ4v) is 2.96. The minimum atomic E-state index is -0.184. The van der Waals surface area contributed by atoms with Crippen molar-refractivity contribution in [1.82, 2.24) is 5.32 Å². The lowest BCUT2D eigenvalue weighted by Crippen LogP contribution is -2.59. The number of nitrogens with zero attached hydrogens (tertiary/aromatic N) is 1. The summed E-state index contributed by atoms with van der Waals surface area (Å²) < 4.78 is 14.5. The maximum atomic E-state index is 13.5. The number of nitrogens with one attached hydrogen (secondary N) is 1. The molecular formula is C15H22BrFN2. The van der Waals surface area contributed by atoms with E-state index < -0.39 is 0 Å². The minimum Gasteiger partial charge on any atom is -0.365 e. The molecule has 0 saturated carbocycles. The van der Waals surface area contributed by atoms with Crippen molar-refractivity contribution in [3.8, 4) is 0 Å². The van der Waals surface area contributed by atoms with E-state index in [1.54, 1.807) is 12.1 Å². The summed E-state index contributed by atoms with van der Waals surface area (Å²) >= 11 is 3.54. The molecule has 1 aromatic carbocycles. The van der Waals surface area contributed by atoms with Crippen LogP contribution in [0.25, 0.3) is 0 Å². The van der Waals surface area contributed by atoms with Gasteiger partial charge in [-0.2, -0.15) is 0 Å². The van der Waals surface area contributed by atoms with Gasteiger partial charge in [0.05, 0.1) is 5.69 Å². The van der Waals surface area contributed by atoms with Gasteiger partial charge in [-0.1, -0.05) is 20.8 Å². The summed E-state index contributed by atoms with van der Waals surface area (Å²) in [7, 11) is 0. The van der Waals surface area contributed by atoms with Crippen LogP contribution >= 0.6 is 15.9 Å². The van der Waals surface area contributed by atoms with Gasteiger partial charge in [-0.25, -0.2) is 4.39 Å². The first-order valence-corrected chi connectivity index (χ1v) is 7.53. The first kappa shape index (κ1) is 14.8. The number of rotatable bonds is 1. The van der Waals surface area contributed by atoms with Crippen LogP contribution < -0.4 is 10.2 Å². The molecule has 1 N–H and O–H groups in total.